The van der Waals surface area contributed by atoms with Crippen LogP contribution in [-0.4, -0.2) is 64.2 Å². The van der Waals surface area contributed by atoms with Crippen LogP contribution < -0.4 is 10.0 Å². The number of carbonyl (C=O) groups is 1. The lowest BCUT2D eigenvalue weighted by molar-refractivity contribution is -0.0295. The third-order valence-corrected chi connectivity index (χ3v) is 7.09. The third-order valence-electron chi connectivity index (χ3n) is 4.79. The molecule has 0 spiro atoms. The minimum Gasteiger partial charge on any atom is -0.374 e. The summed E-state index contributed by atoms with van der Waals surface area (Å²) < 4.78 is 33.3. The molecule has 1 saturated carbocycles. The Hall–Kier alpha value is -0.900. The maximum Gasteiger partial charge on any atom is 0.252 e. The smallest absolute Gasteiger partial charge is 0.252 e. The Labute approximate surface area is 182 Å². The molecule has 0 bridgehead atoms. The van der Waals surface area contributed by atoms with Crippen molar-refractivity contribution in [2.24, 2.45) is 5.92 Å². The zero-order valence-electron chi connectivity index (χ0n) is 16.6. The minimum atomic E-state index is -3.81. The van der Waals surface area contributed by atoms with Gasteiger partial charge in [0.2, 0.25) is 10.0 Å². The zero-order chi connectivity index (χ0) is 21.2. The topological polar surface area (TPSA) is 87.7 Å². The van der Waals surface area contributed by atoms with Crippen molar-refractivity contribution < 1.29 is 17.9 Å². The molecule has 2 N–H and O–H groups in total. The highest BCUT2D eigenvalue weighted by Crippen LogP contribution is 2.30. The first-order chi connectivity index (χ1) is 13.7. The molecule has 0 radical (unpaired) electrons. The Morgan fingerprint density at radius 2 is 2.00 bits per heavy atom. The fraction of sp³-hybridized carbons (Fsp3) is 0.632. The number of morpholine rings is 1. The van der Waals surface area contributed by atoms with Crippen LogP contribution in [0.5, 0.6) is 0 Å². The number of rotatable bonds is 8. The molecule has 10 heteroatoms. The van der Waals surface area contributed by atoms with Gasteiger partial charge in [0.05, 0.1) is 28.3 Å². The van der Waals surface area contributed by atoms with E-state index in [1.807, 2.05) is 0 Å². The average molecular weight is 464 g/mol. The molecule has 162 valence electrons. The van der Waals surface area contributed by atoms with E-state index in [2.05, 4.69) is 28.8 Å². The van der Waals surface area contributed by atoms with E-state index in [9.17, 15) is 13.2 Å². The van der Waals surface area contributed by atoms with Gasteiger partial charge in [-0.3, -0.25) is 9.69 Å². The molecule has 1 aliphatic carbocycles. The predicted molar refractivity (Wildman–Crippen MR) is 113 cm³/mol. The van der Waals surface area contributed by atoms with E-state index in [0.717, 1.165) is 32.5 Å². The van der Waals surface area contributed by atoms with Crippen LogP contribution in [0.1, 0.15) is 37.0 Å². The molecule has 0 aromatic heterocycles. The first kappa shape index (κ1) is 22.8. The highest BCUT2D eigenvalue weighted by atomic mass is 35.5. The first-order valence-corrected chi connectivity index (χ1v) is 12.0. The van der Waals surface area contributed by atoms with Crippen molar-refractivity contribution in [2.75, 3.05) is 32.8 Å². The second-order valence-electron chi connectivity index (χ2n) is 8.01. The predicted octanol–water partition coefficient (Wildman–Crippen LogP) is 2.52. The summed E-state index contributed by atoms with van der Waals surface area (Å²) in [6, 6.07) is 2.46. The number of ether oxygens (including phenoxy) is 1. The fourth-order valence-electron chi connectivity index (χ4n) is 3.28. The largest absolute Gasteiger partial charge is 0.374 e. The van der Waals surface area contributed by atoms with Crippen LogP contribution in [0.2, 0.25) is 10.0 Å². The second kappa shape index (κ2) is 9.49. The average Bonchev–Trinajstić information content (AvgIpc) is 3.42. The summed E-state index contributed by atoms with van der Waals surface area (Å²) in [5.74, 6) is 0.0972. The van der Waals surface area contributed by atoms with E-state index in [1.54, 1.807) is 0 Å². The molecule has 1 aromatic rings. The summed E-state index contributed by atoms with van der Waals surface area (Å²) in [7, 11) is -3.81. The van der Waals surface area contributed by atoms with Crippen LogP contribution >= 0.6 is 23.2 Å². The van der Waals surface area contributed by atoms with Gasteiger partial charge in [-0.05, 0) is 30.9 Å². The highest BCUT2D eigenvalue weighted by Gasteiger charge is 2.30. The second-order valence-corrected chi connectivity index (χ2v) is 10.5. The van der Waals surface area contributed by atoms with Crippen molar-refractivity contribution in [1.29, 1.82) is 0 Å². The molecule has 1 amide bonds. The molecule has 1 aliphatic heterocycles. The lowest BCUT2D eigenvalue weighted by atomic mass is 10.1. The third kappa shape index (κ3) is 6.29. The van der Waals surface area contributed by atoms with E-state index >= 15 is 0 Å². The molecule has 1 heterocycles. The Kier molecular flexibility index (Phi) is 7.46. The number of hydrogen-bond donors (Lipinski definition) is 2. The standard InChI is InChI=1S/C19H27Cl2N3O4S/c1-12(2)10-24-5-6-28-14(11-24)9-22-19(25)15-7-18(17(21)8-16(15)20)29(26,27)23-13-3-4-13/h7-8,12-14,23H,3-6,9-11H2,1-2H3,(H,22,25). The molecule has 1 aromatic carbocycles. The van der Waals surface area contributed by atoms with Gasteiger partial charge in [-0.2, -0.15) is 0 Å². The number of nitrogens with one attached hydrogen (secondary N) is 2. The summed E-state index contributed by atoms with van der Waals surface area (Å²) in [5, 5.41) is 2.89. The van der Waals surface area contributed by atoms with Gasteiger partial charge in [0, 0.05) is 32.2 Å². The van der Waals surface area contributed by atoms with Crippen molar-refractivity contribution in [1.82, 2.24) is 14.9 Å². The Morgan fingerprint density at radius 1 is 1.28 bits per heavy atom. The van der Waals surface area contributed by atoms with Crippen molar-refractivity contribution in [3.8, 4) is 0 Å². The van der Waals surface area contributed by atoms with Crippen LogP contribution in [0.3, 0.4) is 0 Å². The normalized spacial score (nSPS) is 20.8. The Bertz CT molecular complexity index is 859. The SMILES string of the molecule is CC(C)CN1CCOC(CNC(=O)c2cc(S(=O)(=O)NC3CC3)c(Cl)cc2Cl)C1. The van der Waals surface area contributed by atoms with Gasteiger partial charge in [-0.25, -0.2) is 13.1 Å². The molecule has 1 unspecified atom stereocenters. The van der Waals surface area contributed by atoms with Gasteiger partial charge < -0.3 is 10.1 Å². The number of carbonyl (C=O) groups excluding carboxylic acids is 1. The van der Waals surface area contributed by atoms with Gasteiger partial charge in [-0.15, -0.1) is 0 Å². The van der Waals surface area contributed by atoms with Crippen LogP contribution in [0.4, 0.5) is 0 Å². The summed E-state index contributed by atoms with van der Waals surface area (Å²) in [6.45, 7) is 7.85. The maximum atomic E-state index is 12.7. The van der Waals surface area contributed by atoms with Crippen molar-refractivity contribution in [3.63, 3.8) is 0 Å². The van der Waals surface area contributed by atoms with Crippen LogP contribution in [0.25, 0.3) is 0 Å². The van der Waals surface area contributed by atoms with Crippen LogP contribution in [0, 0.1) is 5.92 Å². The monoisotopic (exact) mass is 463 g/mol. The number of amides is 1. The van der Waals surface area contributed by atoms with Crippen LogP contribution in [-0.2, 0) is 14.8 Å². The Balaban J connectivity index is 1.66. The molecule has 7 nitrogen and oxygen atoms in total. The Morgan fingerprint density at radius 3 is 2.66 bits per heavy atom. The van der Waals surface area contributed by atoms with Crippen molar-refractivity contribution >= 4 is 39.1 Å². The highest BCUT2D eigenvalue weighted by molar-refractivity contribution is 7.89. The summed E-state index contributed by atoms with van der Waals surface area (Å²) >= 11 is 12.3. The molecular formula is C19H27Cl2N3O4S. The maximum absolute atomic E-state index is 12.7. The van der Waals surface area contributed by atoms with Crippen LogP contribution in [0.15, 0.2) is 17.0 Å². The van der Waals surface area contributed by atoms with E-state index < -0.39 is 15.9 Å². The molecule has 3 rings (SSSR count). The van der Waals surface area contributed by atoms with E-state index in [4.69, 9.17) is 27.9 Å². The molecule has 2 fully saturated rings. The minimum absolute atomic E-state index is 0.0142. The number of nitrogens with zero attached hydrogens (tertiary/aromatic N) is 1. The molecular weight excluding hydrogens is 437 g/mol. The summed E-state index contributed by atoms with van der Waals surface area (Å²) in [5.41, 5.74) is 0.0714. The molecule has 1 atom stereocenters. The van der Waals surface area contributed by atoms with Gasteiger partial charge in [0.25, 0.3) is 5.91 Å². The molecule has 29 heavy (non-hydrogen) atoms. The van der Waals surface area contributed by atoms with Gasteiger partial charge in [-0.1, -0.05) is 37.0 Å². The number of hydrogen-bond acceptors (Lipinski definition) is 5. The van der Waals surface area contributed by atoms with Gasteiger partial charge in [0.1, 0.15) is 4.90 Å². The molecule has 1 saturated heterocycles. The summed E-state index contributed by atoms with van der Waals surface area (Å²) in [6.07, 6.45) is 1.47. The van der Waals surface area contributed by atoms with Gasteiger partial charge in [0.15, 0.2) is 0 Å². The fourth-order valence-corrected chi connectivity index (χ4v) is 5.44. The van der Waals surface area contributed by atoms with Crippen molar-refractivity contribution in [2.45, 2.75) is 43.7 Å². The van der Waals surface area contributed by atoms with E-state index in [1.165, 1.54) is 12.1 Å². The summed E-state index contributed by atoms with van der Waals surface area (Å²) in [4.78, 5) is 14.8. The number of sulfonamides is 1. The van der Waals surface area contributed by atoms with Gasteiger partial charge >= 0.3 is 0 Å². The number of halogens is 2. The first-order valence-electron chi connectivity index (χ1n) is 9.79. The quantitative estimate of drug-likeness (QED) is 0.618. The molecule has 2 aliphatic rings. The van der Waals surface area contributed by atoms with E-state index in [-0.39, 0.29) is 32.7 Å². The number of benzene rings is 1. The van der Waals surface area contributed by atoms with Crippen molar-refractivity contribution in [3.05, 3.63) is 27.7 Å². The lowest BCUT2D eigenvalue weighted by Crippen LogP contribution is -2.48. The lowest BCUT2D eigenvalue weighted by Gasteiger charge is -2.34. The zero-order valence-corrected chi connectivity index (χ0v) is 18.9. The van der Waals surface area contributed by atoms with E-state index in [0.29, 0.717) is 19.1 Å².